The number of alkyl halides is 3. The molecule has 0 bridgehead atoms. The van der Waals surface area contributed by atoms with Gasteiger partial charge in [-0.05, 0) is 25.1 Å². The Morgan fingerprint density at radius 2 is 2.25 bits per heavy atom. The first kappa shape index (κ1) is 11.2. The molecular formula is C10H11F3N2O. The van der Waals surface area contributed by atoms with Gasteiger partial charge in [0.2, 0.25) is 5.88 Å². The predicted molar refractivity (Wildman–Crippen MR) is 51.1 cm³/mol. The van der Waals surface area contributed by atoms with Crippen molar-refractivity contribution < 1.29 is 17.9 Å². The molecule has 1 aliphatic rings. The maximum absolute atomic E-state index is 12.6. The minimum Gasteiger partial charge on any atom is -0.473 e. The number of hydrogen-bond donors (Lipinski definition) is 1. The van der Waals surface area contributed by atoms with Crippen LogP contribution in [0.3, 0.4) is 0 Å². The number of aromatic nitrogens is 1. The zero-order valence-electron chi connectivity index (χ0n) is 8.42. The van der Waals surface area contributed by atoms with Crippen LogP contribution in [0.1, 0.15) is 12.0 Å². The highest BCUT2D eigenvalue weighted by atomic mass is 19.4. The standard InChI is InChI=1S/C10H11F3N2O/c11-10(12,13)8-2-1-4-15-9(8)16-7-3-5-14-6-7/h1-2,4,7,14H,3,5-6H2. The van der Waals surface area contributed by atoms with Crippen LogP contribution < -0.4 is 10.1 Å². The molecule has 16 heavy (non-hydrogen) atoms. The van der Waals surface area contributed by atoms with Gasteiger partial charge in [-0.3, -0.25) is 0 Å². The topological polar surface area (TPSA) is 34.1 Å². The minimum absolute atomic E-state index is 0.226. The van der Waals surface area contributed by atoms with E-state index in [0.29, 0.717) is 13.0 Å². The van der Waals surface area contributed by atoms with Crippen molar-refractivity contribution in [3.8, 4) is 5.88 Å². The van der Waals surface area contributed by atoms with E-state index >= 15 is 0 Å². The molecule has 1 aromatic rings. The van der Waals surface area contributed by atoms with Gasteiger partial charge in [0.05, 0.1) is 0 Å². The summed E-state index contributed by atoms with van der Waals surface area (Å²) in [5, 5.41) is 3.02. The lowest BCUT2D eigenvalue weighted by Gasteiger charge is -2.15. The lowest BCUT2D eigenvalue weighted by Crippen LogP contribution is -2.22. The molecular weight excluding hydrogens is 221 g/mol. The van der Waals surface area contributed by atoms with E-state index in [2.05, 4.69) is 10.3 Å². The molecule has 0 amide bonds. The molecule has 1 aliphatic heterocycles. The lowest BCUT2D eigenvalue weighted by atomic mass is 10.2. The highest BCUT2D eigenvalue weighted by Crippen LogP contribution is 2.35. The van der Waals surface area contributed by atoms with Gasteiger partial charge in [-0.15, -0.1) is 0 Å². The molecule has 2 rings (SSSR count). The third kappa shape index (κ3) is 2.44. The largest absolute Gasteiger partial charge is 0.473 e. The Bertz CT molecular complexity index is 361. The van der Waals surface area contributed by atoms with Crippen molar-refractivity contribution in [3.63, 3.8) is 0 Å². The number of pyridine rings is 1. The second-order valence-electron chi connectivity index (χ2n) is 3.59. The van der Waals surface area contributed by atoms with Crippen molar-refractivity contribution in [3.05, 3.63) is 23.9 Å². The van der Waals surface area contributed by atoms with Gasteiger partial charge in [0.25, 0.3) is 0 Å². The van der Waals surface area contributed by atoms with E-state index in [0.717, 1.165) is 12.6 Å². The van der Waals surface area contributed by atoms with Crippen molar-refractivity contribution in [2.75, 3.05) is 13.1 Å². The van der Waals surface area contributed by atoms with Crippen LogP contribution in [0.2, 0.25) is 0 Å². The summed E-state index contributed by atoms with van der Waals surface area (Å²) in [6.07, 6.45) is -2.65. The average Bonchev–Trinajstić information content (AvgIpc) is 2.70. The van der Waals surface area contributed by atoms with Crippen LogP contribution in [-0.2, 0) is 6.18 Å². The molecule has 88 valence electrons. The van der Waals surface area contributed by atoms with Crippen LogP contribution in [-0.4, -0.2) is 24.2 Å². The Labute approximate surface area is 90.6 Å². The Balaban J connectivity index is 2.19. The average molecular weight is 232 g/mol. The molecule has 2 heterocycles. The molecule has 1 N–H and O–H groups in total. The fraction of sp³-hybridized carbons (Fsp3) is 0.500. The first-order valence-electron chi connectivity index (χ1n) is 4.97. The monoisotopic (exact) mass is 232 g/mol. The van der Waals surface area contributed by atoms with E-state index in [1.807, 2.05) is 0 Å². The fourth-order valence-electron chi connectivity index (χ4n) is 1.59. The number of nitrogens with zero attached hydrogens (tertiary/aromatic N) is 1. The first-order chi connectivity index (χ1) is 7.57. The molecule has 0 aromatic carbocycles. The highest BCUT2D eigenvalue weighted by molar-refractivity contribution is 5.28. The molecule has 0 saturated carbocycles. The summed E-state index contributed by atoms with van der Waals surface area (Å²) in [6.45, 7) is 1.33. The second-order valence-corrected chi connectivity index (χ2v) is 3.59. The van der Waals surface area contributed by atoms with Crippen LogP contribution >= 0.6 is 0 Å². The molecule has 3 nitrogen and oxygen atoms in total. The first-order valence-corrected chi connectivity index (χ1v) is 4.97. The van der Waals surface area contributed by atoms with E-state index in [-0.39, 0.29) is 12.0 Å². The molecule has 1 fully saturated rings. The van der Waals surface area contributed by atoms with Crippen LogP contribution in [0.15, 0.2) is 18.3 Å². The van der Waals surface area contributed by atoms with Crippen LogP contribution in [0.5, 0.6) is 5.88 Å². The minimum atomic E-state index is -4.42. The lowest BCUT2D eigenvalue weighted by molar-refractivity contribution is -0.139. The zero-order chi connectivity index (χ0) is 11.6. The van der Waals surface area contributed by atoms with Crippen molar-refractivity contribution in [2.24, 2.45) is 0 Å². The van der Waals surface area contributed by atoms with E-state index in [9.17, 15) is 13.2 Å². The number of nitrogens with one attached hydrogen (secondary N) is 1. The third-order valence-electron chi connectivity index (χ3n) is 2.37. The molecule has 0 radical (unpaired) electrons. The molecule has 6 heteroatoms. The van der Waals surface area contributed by atoms with Crippen LogP contribution in [0.25, 0.3) is 0 Å². The summed E-state index contributed by atoms with van der Waals surface area (Å²) < 4.78 is 43.0. The van der Waals surface area contributed by atoms with Gasteiger partial charge in [0, 0.05) is 12.7 Å². The SMILES string of the molecule is FC(F)(F)c1cccnc1OC1CCNC1. The molecule has 1 aromatic heterocycles. The third-order valence-corrected chi connectivity index (χ3v) is 2.37. The highest BCUT2D eigenvalue weighted by Gasteiger charge is 2.35. The van der Waals surface area contributed by atoms with Gasteiger partial charge in [-0.25, -0.2) is 4.98 Å². The molecule has 1 saturated heterocycles. The van der Waals surface area contributed by atoms with Gasteiger partial charge in [0.1, 0.15) is 11.7 Å². The smallest absolute Gasteiger partial charge is 0.421 e. The number of halogens is 3. The molecule has 0 spiro atoms. The maximum Gasteiger partial charge on any atom is 0.421 e. The molecule has 1 unspecified atom stereocenters. The summed E-state index contributed by atoms with van der Waals surface area (Å²) in [6, 6.07) is 2.23. The normalized spacial score (nSPS) is 21.1. The summed E-state index contributed by atoms with van der Waals surface area (Å²) >= 11 is 0. The zero-order valence-corrected chi connectivity index (χ0v) is 8.42. The number of hydrogen-bond acceptors (Lipinski definition) is 3. The second kappa shape index (κ2) is 4.29. The predicted octanol–water partition coefficient (Wildman–Crippen LogP) is 1.84. The van der Waals surface area contributed by atoms with Crippen molar-refractivity contribution >= 4 is 0 Å². The van der Waals surface area contributed by atoms with Gasteiger partial charge < -0.3 is 10.1 Å². The Hall–Kier alpha value is -1.30. The van der Waals surface area contributed by atoms with E-state index in [4.69, 9.17) is 4.74 Å². The molecule has 0 aliphatic carbocycles. The van der Waals surface area contributed by atoms with Gasteiger partial charge in [-0.1, -0.05) is 0 Å². The maximum atomic E-state index is 12.6. The Morgan fingerprint density at radius 3 is 2.88 bits per heavy atom. The molecule has 1 atom stereocenters. The Kier molecular flexibility index (Phi) is 3.00. The summed E-state index contributed by atoms with van der Waals surface area (Å²) in [4.78, 5) is 3.64. The quantitative estimate of drug-likeness (QED) is 0.844. The van der Waals surface area contributed by atoms with Gasteiger partial charge in [0.15, 0.2) is 0 Å². The summed E-state index contributed by atoms with van der Waals surface area (Å²) in [5.74, 6) is -0.330. The van der Waals surface area contributed by atoms with Crippen LogP contribution in [0, 0.1) is 0 Å². The van der Waals surface area contributed by atoms with Crippen LogP contribution in [0.4, 0.5) is 13.2 Å². The van der Waals surface area contributed by atoms with Crippen molar-refractivity contribution in [2.45, 2.75) is 18.7 Å². The van der Waals surface area contributed by atoms with E-state index < -0.39 is 11.7 Å². The van der Waals surface area contributed by atoms with Gasteiger partial charge in [-0.2, -0.15) is 13.2 Å². The van der Waals surface area contributed by atoms with Crippen molar-refractivity contribution in [1.29, 1.82) is 0 Å². The van der Waals surface area contributed by atoms with Crippen molar-refractivity contribution in [1.82, 2.24) is 10.3 Å². The Morgan fingerprint density at radius 1 is 1.44 bits per heavy atom. The fourth-order valence-corrected chi connectivity index (χ4v) is 1.59. The van der Waals surface area contributed by atoms with E-state index in [1.54, 1.807) is 0 Å². The summed E-state index contributed by atoms with van der Waals surface area (Å²) in [7, 11) is 0. The van der Waals surface area contributed by atoms with Gasteiger partial charge >= 0.3 is 6.18 Å². The van der Waals surface area contributed by atoms with E-state index in [1.165, 1.54) is 12.3 Å². The number of ether oxygens (including phenoxy) is 1. The number of rotatable bonds is 2. The summed E-state index contributed by atoms with van der Waals surface area (Å²) in [5.41, 5.74) is -0.818.